The fourth-order valence-corrected chi connectivity index (χ4v) is 6.04. The predicted octanol–water partition coefficient (Wildman–Crippen LogP) is 4.30. The van der Waals surface area contributed by atoms with Gasteiger partial charge in [0.05, 0.1) is 23.3 Å². The molecule has 1 aromatic heterocycles. The maximum absolute atomic E-state index is 13.9. The van der Waals surface area contributed by atoms with E-state index in [0.29, 0.717) is 36.0 Å². The van der Waals surface area contributed by atoms with Gasteiger partial charge in [-0.05, 0) is 55.0 Å². The Bertz CT molecular complexity index is 1470. The molecule has 1 saturated heterocycles. The van der Waals surface area contributed by atoms with Gasteiger partial charge < -0.3 is 16.0 Å². The molecule has 0 radical (unpaired) electrons. The Morgan fingerprint density at radius 3 is 2.45 bits per heavy atom. The van der Waals surface area contributed by atoms with Crippen LogP contribution in [0.25, 0.3) is 17.2 Å². The lowest BCUT2D eigenvalue weighted by molar-refractivity contribution is -0.134. The Balaban J connectivity index is 1.67. The lowest BCUT2D eigenvalue weighted by Crippen LogP contribution is -2.50. The van der Waals surface area contributed by atoms with E-state index >= 15 is 0 Å². The highest BCUT2D eigenvalue weighted by atomic mass is 32.2. The van der Waals surface area contributed by atoms with Crippen molar-refractivity contribution in [2.75, 3.05) is 24.1 Å². The third-order valence-corrected chi connectivity index (χ3v) is 8.38. The number of sulfonamides is 1. The van der Waals surface area contributed by atoms with E-state index in [1.165, 1.54) is 19.2 Å². The maximum atomic E-state index is 13.9. The molecule has 40 heavy (non-hydrogen) atoms. The van der Waals surface area contributed by atoms with Crippen LogP contribution in [0.4, 0.5) is 11.4 Å². The number of pyridine rings is 1. The van der Waals surface area contributed by atoms with Crippen LogP contribution in [0.2, 0.25) is 0 Å². The van der Waals surface area contributed by atoms with Crippen LogP contribution in [0.3, 0.4) is 0 Å². The van der Waals surface area contributed by atoms with E-state index in [-0.39, 0.29) is 22.9 Å². The standard InChI is InChI=1S/C30H35N5O4S/c1-21-16-18-35(19-17-21)30(37)27(12-6-10-25-15-14-24(31)20-32-25)34-40(38,39)28-13-7-11-26(29(28)33-22(2)36)23-8-4-3-5-9-23/h3-11,13-15,20-21,27,34H,12,16-19,31H2,1-2H3,(H,33,36)/t27-/m0/s1. The molecule has 9 nitrogen and oxygen atoms in total. The van der Waals surface area contributed by atoms with Gasteiger partial charge in [-0.25, -0.2) is 8.42 Å². The van der Waals surface area contributed by atoms with Gasteiger partial charge in [0.1, 0.15) is 10.9 Å². The number of hydrogen-bond donors (Lipinski definition) is 3. The molecule has 1 fully saturated rings. The van der Waals surface area contributed by atoms with Crippen LogP contribution in [0.15, 0.2) is 77.8 Å². The molecule has 2 aromatic carbocycles. The first-order chi connectivity index (χ1) is 19.1. The van der Waals surface area contributed by atoms with Crippen LogP contribution in [0.5, 0.6) is 0 Å². The zero-order chi connectivity index (χ0) is 28.7. The van der Waals surface area contributed by atoms with Gasteiger partial charge in [-0.1, -0.05) is 55.5 Å². The van der Waals surface area contributed by atoms with E-state index in [9.17, 15) is 18.0 Å². The fraction of sp³-hybridized carbons (Fsp3) is 0.300. The smallest absolute Gasteiger partial charge is 0.243 e. The molecule has 2 heterocycles. The SMILES string of the molecule is CC(=O)Nc1c(-c2ccccc2)cccc1S(=O)(=O)N[C@@H](CC=Cc1ccc(N)cn1)C(=O)N1CCC(C)CC1. The van der Waals surface area contributed by atoms with Gasteiger partial charge in [0, 0.05) is 25.6 Å². The van der Waals surface area contributed by atoms with Crippen molar-refractivity contribution in [3.8, 4) is 11.1 Å². The van der Waals surface area contributed by atoms with Crippen LogP contribution in [-0.4, -0.2) is 49.2 Å². The molecule has 0 unspecified atom stereocenters. The predicted molar refractivity (Wildman–Crippen MR) is 158 cm³/mol. The van der Waals surface area contributed by atoms with Crippen LogP contribution in [0, 0.1) is 5.92 Å². The number of carbonyl (C=O) groups is 2. The number of benzene rings is 2. The van der Waals surface area contributed by atoms with Gasteiger partial charge in [0.25, 0.3) is 0 Å². The lowest BCUT2D eigenvalue weighted by Gasteiger charge is -2.33. The van der Waals surface area contributed by atoms with Gasteiger partial charge >= 0.3 is 0 Å². The van der Waals surface area contributed by atoms with Crippen LogP contribution >= 0.6 is 0 Å². The normalized spacial score (nSPS) is 15.2. The molecule has 1 atom stereocenters. The van der Waals surface area contributed by atoms with Gasteiger partial charge in [0.15, 0.2) is 0 Å². The molecule has 10 heteroatoms. The minimum atomic E-state index is -4.24. The van der Waals surface area contributed by atoms with Crippen LogP contribution in [0.1, 0.15) is 38.8 Å². The minimum absolute atomic E-state index is 0.113. The van der Waals surface area contributed by atoms with Crippen molar-refractivity contribution in [1.82, 2.24) is 14.6 Å². The lowest BCUT2D eigenvalue weighted by atomic mass is 9.98. The van der Waals surface area contributed by atoms with Crippen molar-refractivity contribution in [1.29, 1.82) is 0 Å². The molecule has 4 rings (SSSR count). The molecule has 3 aromatic rings. The Kier molecular flexibility index (Phi) is 9.34. The van der Waals surface area contributed by atoms with E-state index in [0.717, 1.165) is 18.4 Å². The second kappa shape index (κ2) is 12.9. The summed E-state index contributed by atoms with van der Waals surface area (Å²) in [5, 5.41) is 2.70. The molecule has 0 saturated carbocycles. The number of para-hydroxylation sites is 1. The Morgan fingerprint density at radius 1 is 1.07 bits per heavy atom. The van der Waals surface area contributed by atoms with Gasteiger partial charge in [-0.15, -0.1) is 0 Å². The van der Waals surface area contributed by atoms with Crippen molar-refractivity contribution in [3.63, 3.8) is 0 Å². The quantitative estimate of drug-likeness (QED) is 0.357. The summed E-state index contributed by atoms with van der Waals surface area (Å²) < 4.78 is 30.4. The Morgan fingerprint density at radius 2 is 1.80 bits per heavy atom. The molecule has 210 valence electrons. The summed E-state index contributed by atoms with van der Waals surface area (Å²) in [5.74, 6) is -0.184. The number of anilines is 2. The minimum Gasteiger partial charge on any atom is -0.397 e. The second-order valence-electron chi connectivity index (χ2n) is 10.1. The highest BCUT2D eigenvalue weighted by Gasteiger charge is 2.32. The highest BCUT2D eigenvalue weighted by molar-refractivity contribution is 7.89. The first-order valence-corrected chi connectivity index (χ1v) is 14.8. The summed E-state index contributed by atoms with van der Waals surface area (Å²) in [6, 6.07) is 16.4. The highest BCUT2D eigenvalue weighted by Crippen LogP contribution is 2.34. The second-order valence-corrected chi connectivity index (χ2v) is 11.7. The number of nitrogens with one attached hydrogen (secondary N) is 2. The number of piperidine rings is 1. The summed E-state index contributed by atoms with van der Waals surface area (Å²) in [6.45, 7) is 4.61. The van der Waals surface area contributed by atoms with E-state index in [1.54, 1.807) is 41.3 Å². The van der Waals surface area contributed by atoms with E-state index in [1.807, 2.05) is 30.3 Å². The van der Waals surface area contributed by atoms with Crippen LogP contribution in [-0.2, 0) is 19.6 Å². The third-order valence-electron chi connectivity index (χ3n) is 6.86. The Hall–Kier alpha value is -4.02. The van der Waals surface area contributed by atoms with Crippen LogP contribution < -0.4 is 15.8 Å². The molecule has 0 spiro atoms. The number of nitrogens with two attached hydrogens (primary N) is 1. The molecule has 2 amide bonds. The molecule has 4 N–H and O–H groups in total. The summed E-state index contributed by atoms with van der Waals surface area (Å²) >= 11 is 0. The van der Waals surface area contributed by atoms with Gasteiger partial charge in [-0.2, -0.15) is 4.72 Å². The summed E-state index contributed by atoms with van der Waals surface area (Å²) in [6.07, 6.45) is 6.83. The van der Waals surface area contributed by atoms with Crippen molar-refractivity contribution < 1.29 is 18.0 Å². The molecule has 1 aliphatic rings. The largest absolute Gasteiger partial charge is 0.397 e. The molecular formula is C30H35N5O4S. The molecule has 0 bridgehead atoms. The fourth-order valence-electron chi connectivity index (χ4n) is 4.66. The summed E-state index contributed by atoms with van der Waals surface area (Å²) in [4.78, 5) is 31.6. The zero-order valence-corrected chi connectivity index (χ0v) is 23.5. The van der Waals surface area contributed by atoms with Gasteiger partial charge in [0.2, 0.25) is 21.8 Å². The monoisotopic (exact) mass is 561 g/mol. The zero-order valence-electron chi connectivity index (χ0n) is 22.7. The first kappa shape index (κ1) is 29.0. The van der Waals surface area contributed by atoms with Crippen molar-refractivity contribution in [2.45, 2.75) is 44.0 Å². The summed E-state index contributed by atoms with van der Waals surface area (Å²) in [7, 11) is -4.24. The van der Waals surface area contributed by atoms with Gasteiger partial charge in [-0.3, -0.25) is 14.6 Å². The number of rotatable bonds is 9. The Labute approximate surface area is 235 Å². The molecule has 1 aliphatic heterocycles. The summed E-state index contributed by atoms with van der Waals surface area (Å²) in [5.41, 5.74) is 8.34. The average molecular weight is 562 g/mol. The van der Waals surface area contributed by atoms with E-state index in [4.69, 9.17) is 5.73 Å². The number of amides is 2. The van der Waals surface area contributed by atoms with E-state index in [2.05, 4.69) is 21.9 Å². The average Bonchev–Trinajstić information content (AvgIpc) is 2.94. The number of hydrogen-bond acceptors (Lipinski definition) is 6. The number of likely N-dealkylation sites (tertiary alicyclic amines) is 1. The molecule has 0 aliphatic carbocycles. The van der Waals surface area contributed by atoms with Crippen molar-refractivity contribution in [2.24, 2.45) is 5.92 Å². The number of aromatic nitrogens is 1. The number of nitrogens with zero attached hydrogens (tertiary/aromatic N) is 2. The maximum Gasteiger partial charge on any atom is 0.243 e. The first-order valence-electron chi connectivity index (χ1n) is 13.3. The number of nitrogen functional groups attached to an aromatic ring is 1. The third kappa shape index (κ3) is 7.34. The van der Waals surface area contributed by atoms with Crippen molar-refractivity contribution in [3.05, 3.63) is 78.6 Å². The molecular weight excluding hydrogens is 526 g/mol. The van der Waals surface area contributed by atoms with Crippen molar-refractivity contribution >= 4 is 39.3 Å². The van der Waals surface area contributed by atoms with E-state index < -0.39 is 22.0 Å². The number of carbonyl (C=O) groups excluding carboxylic acids is 2. The topological polar surface area (TPSA) is 134 Å².